The summed E-state index contributed by atoms with van der Waals surface area (Å²) in [5.74, 6) is -0.182. The minimum absolute atomic E-state index is 0.182. The van der Waals surface area contributed by atoms with E-state index in [1.54, 1.807) is 11.3 Å². The highest BCUT2D eigenvalue weighted by atomic mass is 32.1. The van der Waals surface area contributed by atoms with E-state index in [4.69, 9.17) is 0 Å². The number of hydrogen-bond donors (Lipinski definition) is 1. The molecule has 1 aromatic heterocycles. The zero-order valence-electron chi connectivity index (χ0n) is 12.1. The predicted octanol–water partition coefficient (Wildman–Crippen LogP) is 2.15. The van der Waals surface area contributed by atoms with Gasteiger partial charge in [-0.15, -0.1) is 11.3 Å². The lowest BCUT2D eigenvalue weighted by molar-refractivity contribution is -0.140. The van der Waals surface area contributed by atoms with Gasteiger partial charge in [-0.25, -0.2) is 4.98 Å². The molecule has 2 rings (SSSR count). The van der Waals surface area contributed by atoms with E-state index in [-0.39, 0.29) is 5.97 Å². The summed E-state index contributed by atoms with van der Waals surface area (Å²) in [5.41, 5.74) is 0.961. The monoisotopic (exact) mass is 297 g/mol. The maximum Gasteiger partial charge on any atom is 0.305 e. The molecular formula is C14H23N3O2S. The first-order chi connectivity index (χ1) is 9.78. The van der Waals surface area contributed by atoms with Crippen LogP contribution in [0.15, 0.2) is 5.38 Å². The summed E-state index contributed by atoms with van der Waals surface area (Å²) in [5, 5.41) is 6.31. The number of carbonyl (C=O) groups is 1. The van der Waals surface area contributed by atoms with Crippen LogP contribution in [-0.2, 0) is 16.0 Å². The number of aryl methyl sites for hydroxylation is 1. The largest absolute Gasteiger partial charge is 0.469 e. The predicted molar refractivity (Wildman–Crippen MR) is 81.2 cm³/mol. The Labute approximate surface area is 124 Å². The molecule has 20 heavy (non-hydrogen) atoms. The molecule has 1 aromatic rings. The van der Waals surface area contributed by atoms with E-state index < -0.39 is 0 Å². The van der Waals surface area contributed by atoms with Crippen LogP contribution in [0, 0.1) is 0 Å². The molecule has 1 N–H and O–H groups in total. The first-order valence-corrected chi connectivity index (χ1v) is 8.13. The summed E-state index contributed by atoms with van der Waals surface area (Å²) in [6.07, 6.45) is 4.90. The minimum Gasteiger partial charge on any atom is -0.469 e. The number of ether oxygens (including phenoxy) is 1. The van der Waals surface area contributed by atoms with Gasteiger partial charge >= 0.3 is 5.97 Å². The van der Waals surface area contributed by atoms with Crippen molar-refractivity contribution in [1.29, 1.82) is 0 Å². The molecule has 0 radical (unpaired) electrons. The topological polar surface area (TPSA) is 54.5 Å². The van der Waals surface area contributed by atoms with Crippen LogP contribution in [0.1, 0.15) is 31.4 Å². The molecule has 1 aliphatic rings. The Balaban J connectivity index is 1.61. The quantitative estimate of drug-likeness (QED) is 0.588. The maximum atomic E-state index is 11.1. The highest BCUT2D eigenvalue weighted by molar-refractivity contribution is 7.13. The number of likely N-dealkylation sites (tertiary alicyclic amines) is 1. The minimum atomic E-state index is -0.182. The van der Waals surface area contributed by atoms with Gasteiger partial charge in [0.15, 0.2) is 5.13 Å². The molecule has 0 bridgehead atoms. The first-order valence-electron chi connectivity index (χ1n) is 7.25. The average molecular weight is 297 g/mol. The summed E-state index contributed by atoms with van der Waals surface area (Å²) in [6, 6.07) is 0. The third kappa shape index (κ3) is 5.09. The number of nitrogens with zero attached hydrogens (tertiary/aromatic N) is 2. The van der Waals surface area contributed by atoms with Crippen LogP contribution in [0.25, 0.3) is 0 Å². The van der Waals surface area contributed by atoms with Crippen LogP contribution >= 0.6 is 11.3 Å². The highest BCUT2D eigenvalue weighted by Gasteiger charge is 2.10. The Bertz CT molecular complexity index is 416. The van der Waals surface area contributed by atoms with Crippen molar-refractivity contribution in [2.75, 3.05) is 38.6 Å². The van der Waals surface area contributed by atoms with Crippen LogP contribution in [-0.4, -0.2) is 49.1 Å². The Morgan fingerprint density at radius 1 is 1.50 bits per heavy atom. The normalized spacial score (nSPS) is 15.4. The molecule has 1 saturated heterocycles. The number of carbonyl (C=O) groups excluding carboxylic acids is 1. The Kier molecular flexibility index (Phi) is 6.26. The fraction of sp³-hybridized carbons (Fsp3) is 0.714. The third-order valence-corrected chi connectivity index (χ3v) is 4.34. The Morgan fingerprint density at radius 2 is 2.30 bits per heavy atom. The van der Waals surface area contributed by atoms with Crippen molar-refractivity contribution in [3.63, 3.8) is 0 Å². The van der Waals surface area contributed by atoms with Crippen molar-refractivity contribution in [1.82, 2.24) is 9.88 Å². The number of aromatic nitrogens is 1. The van der Waals surface area contributed by atoms with Gasteiger partial charge in [0, 0.05) is 18.3 Å². The molecule has 0 aromatic carbocycles. The van der Waals surface area contributed by atoms with Gasteiger partial charge in [-0.05, 0) is 38.9 Å². The third-order valence-electron chi connectivity index (χ3n) is 3.49. The van der Waals surface area contributed by atoms with Gasteiger partial charge in [0.1, 0.15) is 0 Å². The molecule has 0 spiro atoms. The van der Waals surface area contributed by atoms with Crippen LogP contribution in [0.2, 0.25) is 0 Å². The van der Waals surface area contributed by atoms with E-state index in [9.17, 15) is 4.79 Å². The molecule has 6 heteroatoms. The van der Waals surface area contributed by atoms with Crippen LogP contribution in [0.5, 0.6) is 0 Å². The van der Waals surface area contributed by atoms with E-state index in [0.717, 1.165) is 23.8 Å². The van der Waals surface area contributed by atoms with Gasteiger partial charge < -0.3 is 15.0 Å². The average Bonchev–Trinajstić information content (AvgIpc) is 3.12. The van der Waals surface area contributed by atoms with Crippen molar-refractivity contribution in [2.24, 2.45) is 0 Å². The van der Waals surface area contributed by atoms with Gasteiger partial charge in [-0.2, -0.15) is 0 Å². The molecular weight excluding hydrogens is 274 g/mol. The van der Waals surface area contributed by atoms with Crippen molar-refractivity contribution in [3.8, 4) is 0 Å². The number of methoxy groups -OCH3 is 1. The molecule has 2 heterocycles. The fourth-order valence-corrected chi connectivity index (χ4v) is 3.11. The summed E-state index contributed by atoms with van der Waals surface area (Å²) >= 11 is 1.60. The molecule has 0 unspecified atom stereocenters. The van der Waals surface area contributed by atoms with E-state index >= 15 is 0 Å². The number of hydrogen-bond acceptors (Lipinski definition) is 6. The molecule has 112 valence electrons. The van der Waals surface area contributed by atoms with Gasteiger partial charge in [0.25, 0.3) is 0 Å². The van der Waals surface area contributed by atoms with E-state index in [2.05, 4.69) is 19.9 Å². The second-order valence-corrected chi connectivity index (χ2v) is 5.91. The van der Waals surface area contributed by atoms with E-state index in [1.165, 1.54) is 39.6 Å². The maximum absolute atomic E-state index is 11.1. The van der Waals surface area contributed by atoms with Gasteiger partial charge in [-0.1, -0.05) is 0 Å². The lowest BCUT2D eigenvalue weighted by atomic mass is 10.2. The molecule has 0 atom stereocenters. The molecule has 0 amide bonds. The summed E-state index contributed by atoms with van der Waals surface area (Å²) in [6.45, 7) is 4.65. The number of esters is 1. The van der Waals surface area contributed by atoms with E-state index in [1.807, 2.05) is 5.38 Å². The van der Waals surface area contributed by atoms with Gasteiger partial charge in [0.05, 0.1) is 19.2 Å². The second-order valence-electron chi connectivity index (χ2n) is 5.05. The Hall–Kier alpha value is -1.14. The number of nitrogens with one attached hydrogen (secondary N) is 1. The van der Waals surface area contributed by atoms with Crippen LogP contribution in [0.3, 0.4) is 0 Å². The van der Waals surface area contributed by atoms with Gasteiger partial charge in [-0.3, -0.25) is 4.79 Å². The van der Waals surface area contributed by atoms with Crippen molar-refractivity contribution >= 4 is 22.4 Å². The van der Waals surface area contributed by atoms with Crippen molar-refractivity contribution in [2.45, 2.75) is 32.1 Å². The highest BCUT2D eigenvalue weighted by Crippen LogP contribution is 2.16. The first kappa shape index (κ1) is 15.3. The standard InChI is InChI=1S/C14H23N3O2S/c1-19-13(18)6-5-12-11-20-14(16-12)15-7-4-10-17-8-2-3-9-17/h11H,2-10H2,1H3,(H,15,16). The summed E-state index contributed by atoms with van der Waals surface area (Å²) in [7, 11) is 1.41. The molecule has 5 nitrogen and oxygen atoms in total. The van der Waals surface area contributed by atoms with Gasteiger partial charge in [0.2, 0.25) is 0 Å². The van der Waals surface area contributed by atoms with Crippen molar-refractivity contribution < 1.29 is 9.53 Å². The zero-order valence-corrected chi connectivity index (χ0v) is 12.9. The second kappa shape index (κ2) is 8.21. The van der Waals surface area contributed by atoms with Crippen LogP contribution in [0.4, 0.5) is 5.13 Å². The zero-order chi connectivity index (χ0) is 14.2. The van der Waals surface area contributed by atoms with Crippen LogP contribution < -0.4 is 5.32 Å². The fourth-order valence-electron chi connectivity index (χ4n) is 2.34. The smallest absolute Gasteiger partial charge is 0.305 e. The summed E-state index contributed by atoms with van der Waals surface area (Å²) < 4.78 is 4.62. The molecule has 0 saturated carbocycles. The lowest BCUT2D eigenvalue weighted by Gasteiger charge is -2.13. The molecule has 1 aliphatic heterocycles. The van der Waals surface area contributed by atoms with E-state index in [0.29, 0.717) is 12.8 Å². The number of rotatable bonds is 8. The number of thiazole rings is 1. The summed E-state index contributed by atoms with van der Waals surface area (Å²) in [4.78, 5) is 18.1. The molecule has 0 aliphatic carbocycles. The number of anilines is 1. The lowest BCUT2D eigenvalue weighted by Crippen LogP contribution is -2.22. The SMILES string of the molecule is COC(=O)CCc1csc(NCCCN2CCCC2)n1. The van der Waals surface area contributed by atoms with Crippen molar-refractivity contribution in [3.05, 3.63) is 11.1 Å². The Morgan fingerprint density at radius 3 is 3.05 bits per heavy atom. The molecule has 1 fully saturated rings.